The van der Waals surface area contributed by atoms with E-state index in [0.29, 0.717) is 0 Å². The fourth-order valence-electron chi connectivity index (χ4n) is 1.12. The maximum atomic E-state index is 4.26. The summed E-state index contributed by atoms with van der Waals surface area (Å²) in [4.78, 5) is 10.8. The first-order valence-corrected chi connectivity index (χ1v) is 6.02. The third-order valence-corrected chi connectivity index (χ3v) is 3.64. The Balaban J connectivity index is 2.05. The van der Waals surface area contributed by atoms with Crippen molar-refractivity contribution < 1.29 is 0 Å². The Morgan fingerprint density at radius 1 is 1.43 bits per heavy atom. The largest absolute Gasteiger partial charge is 0.354 e. The Morgan fingerprint density at radius 2 is 2.29 bits per heavy atom. The van der Waals surface area contributed by atoms with Crippen molar-refractivity contribution in [3.8, 4) is 0 Å². The van der Waals surface area contributed by atoms with Gasteiger partial charge in [0.25, 0.3) is 0 Å². The van der Waals surface area contributed by atoms with Crippen LogP contribution in [0.25, 0.3) is 0 Å². The molecule has 0 aliphatic rings. The molecule has 0 aliphatic carbocycles. The Kier molecular flexibility index (Phi) is 2.79. The molecule has 0 fully saturated rings. The second kappa shape index (κ2) is 4.06. The van der Waals surface area contributed by atoms with Gasteiger partial charge >= 0.3 is 0 Å². The van der Waals surface area contributed by atoms with E-state index in [2.05, 4.69) is 29.1 Å². The van der Waals surface area contributed by atoms with Crippen LogP contribution in [0.15, 0.2) is 17.9 Å². The molecule has 74 valence electrons. The van der Waals surface area contributed by atoms with Crippen LogP contribution < -0.4 is 5.32 Å². The summed E-state index contributed by atoms with van der Waals surface area (Å²) in [5.41, 5.74) is 1.85. The van der Waals surface area contributed by atoms with Gasteiger partial charge < -0.3 is 5.32 Å². The predicted octanol–water partition coefficient (Wildman–Crippen LogP) is 3.08. The van der Waals surface area contributed by atoms with Gasteiger partial charge in [0.1, 0.15) is 0 Å². The van der Waals surface area contributed by atoms with Crippen LogP contribution in [0.1, 0.15) is 22.7 Å². The smallest absolute Gasteiger partial charge is 0.183 e. The fraction of sp³-hybridized carbons (Fsp3) is 0.333. The van der Waals surface area contributed by atoms with Crippen LogP contribution in [0.4, 0.5) is 5.13 Å². The van der Waals surface area contributed by atoms with Crippen LogP contribution >= 0.6 is 22.7 Å². The Hall–Kier alpha value is -0.940. The zero-order valence-corrected chi connectivity index (χ0v) is 9.65. The van der Waals surface area contributed by atoms with Crippen molar-refractivity contribution in [3.63, 3.8) is 0 Å². The average molecular weight is 225 g/mol. The van der Waals surface area contributed by atoms with E-state index in [4.69, 9.17) is 0 Å². The molecule has 0 bridgehead atoms. The second-order valence-corrected chi connectivity index (χ2v) is 5.20. The highest BCUT2D eigenvalue weighted by Crippen LogP contribution is 2.24. The monoisotopic (exact) mass is 225 g/mol. The first-order chi connectivity index (χ1) is 6.75. The lowest BCUT2D eigenvalue weighted by atomic mass is 10.3. The molecule has 0 aliphatic heterocycles. The molecule has 2 aromatic rings. The van der Waals surface area contributed by atoms with Gasteiger partial charge in [0, 0.05) is 22.1 Å². The molecule has 0 saturated heterocycles. The molecule has 14 heavy (non-hydrogen) atoms. The van der Waals surface area contributed by atoms with E-state index in [1.807, 2.05) is 17.9 Å². The van der Waals surface area contributed by atoms with Crippen LogP contribution in [0.5, 0.6) is 0 Å². The van der Waals surface area contributed by atoms with Gasteiger partial charge in [0.05, 0.1) is 11.6 Å². The summed E-state index contributed by atoms with van der Waals surface area (Å²) in [6, 6.07) is 0.285. The van der Waals surface area contributed by atoms with Crippen molar-refractivity contribution in [3.05, 3.63) is 27.7 Å². The molecule has 2 rings (SSSR count). The summed E-state index contributed by atoms with van der Waals surface area (Å²) in [7, 11) is 0. The fourth-order valence-corrected chi connectivity index (χ4v) is 2.50. The lowest BCUT2D eigenvalue weighted by Crippen LogP contribution is -2.03. The molecule has 1 N–H and O–H groups in total. The number of nitrogens with one attached hydrogen (secondary N) is 1. The molecule has 0 saturated carbocycles. The highest BCUT2D eigenvalue weighted by molar-refractivity contribution is 7.15. The summed E-state index contributed by atoms with van der Waals surface area (Å²) in [5, 5.41) is 4.32. The van der Waals surface area contributed by atoms with Crippen LogP contribution in [-0.2, 0) is 0 Å². The average Bonchev–Trinajstić information content (AvgIpc) is 2.75. The maximum absolute atomic E-state index is 4.26. The summed E-state index contributed by atoms with van der Waals surface area (Å²) in [6.07, 6.45) is 3.77. The highest BCUT2D eigenvalue weighted by Gasteiger charge is 2.08. The van der Waals surface area contributed by atoms with Crippen LogP contribution in [0.3, 0.4) is 0 Å². The standard InChI is InChI=1S/C9H11N3S2/c1-6-3-11-9(14-6)12-7(2)8-4-10-5-13-8/h3-5,7H,1-2H3,(H,11,12)/t7-/m0/s1. The van der Waals surface area contributed by atoms with Gasteiger partial charge in [-0.3, -0.25) is 4.98 Å². The number of nitrogens with zero attached hydrogens (tertiary/aromatic N) is 2. The van der Waals surface area contributed by atoms with Gasteiger partial charge in [-0.1, -0.05) is 0 Å². The molecular formula is C9H11N3S2. The van der Waals surface area contributed by atoms with E-state index in [9.17, 15) is 0 Å². The molecule has 0 spiro atoms. The Bertz CT molecular complexity index is 394. The van der Waals surface area contributed by atoms with Gasteiger partial charge in [-0.05, 0) is 13.8 Å². The highest BCUT2D eigenvalue weighted by atomic mass is 32.1. The van der Waals surface area contributed by atoms with Gasteiger partial charge in [-0.15, -0.1) is 22.7 Å². The van der Waals surface area contributed by atoms with Crippen molar-refractivity contribution in [2.75, 3.05) is 5.32 Å². The number of hydrogen-bond acceptors (Lipinski definition) is 5. The van der Waals surface area contributed by atoms with Crippen molar-refractivity contribution in [2.24, 2.45) is 0 Å². The van der Waals surface area contributed by atoms with Crippen LogP contribution in [0.2, 0.25) is 0 Å². The summed E-state index contributed by atoms with van der Waals surface area (Å²) in [6.45, 7) is 4.17. The number of hydrogen-bond donors (Lipinski definition) is 1. The lowest BCUT2D eigenvalue weighted by Gasteiger charge is -2.09. The zero-order valence-electron chi connectivity index (χ0n) is 8.02. The molecule has 2 heterocycles. The number of rotatable bonds is 3. The van der Waals surface area contributed by atoms with Gasteiger partial charge in [0.2, 0.25) is 0 Å². The van der Waals surface area contributed by atoms with Crippen LogP contribution in [-0.4, -0.2) is 9.97 Å². The molecule has 0 unspecified atom stereocenters. The zero-order chi connectivity index (χ0) is 9.97. The topological polar surface area (TPSA) is 37.8 Å². The molecule has 5 heteroatoms. The summed E-state index contributed by atoms with van der Waals surface area (Å²) in [5.74, 6) is 0. The quantitative estimate of drug-likeness (QED) is 0.872. The van der Waals surface area contributed by atoms with E-state index < -0.39 is 0 Å². The molecule has 1 atom stereocenters. The maximum Gasteiger partial charge on any atom is 0.183 e. The van der Waals surface area contributed by atoms with Crippen molar-refractivity contribution in [1.29, 1.82) is 0 Å². The number of aryl methyl sites for hydroxylation is 1. The molecule has 0 amide bonds. The second-order valence-electron chi connectivity index (χ2n) is 3.05. The van der Waals surface area contributed by atoms with Gasteiger partial charge in [-0.25, -0.2) is 4.98 Å². The third kappa shape index (κ3) is 2.10. The van der Waals surface area contributed by atoms with Gasteiger partial charge in [-0.2, -0.15) is 0 Å². The van der Waals surface area contributed by atoms with Crippen molar-refractivity contribution in [1.82, 2.24) is 9.97 Å². The first kappa shape index (κ1) is 9.61. The molecule has 0 aromatic carbocycles. The van der Waals surface area contributed by atoms with E-state index in [1.165, 1.54) is 9.75 Å². The van der Waals surface area contributed by atoms with Gasteiger partial charge in [0.15, 0.2) is 5.13 Å². The number of aromatic nitrogens is 2. The van der Waals surface area contributed by atoms with E-state index in [0.717, 1.165) is 5.13 Å². The van der Waals surface area contributed by atoms with E-state index >= 15 is 0 Å². The minimum absolute atomic E-state index is 0.285. The van der Waals surface area contributed by atoms with Crippen molar-refractivity contribution >= 4 is 27.8 Å². The number of thiazole rings is 2. The minimum Gasteiger partial charge on any atom is -0.354 e. The SMILES string of the molecule is Cc1cnc(N[C@@H](C)c2cncs2)s1. The normalized spacial score (nSPS) is 12.7. The van der Waals surface area contributed by atoms with E-state index in [-0.39, 0.29) is 6.04 Å². The van der Waals surface area contributed by atoms with Crippen molar-refractivity contribution in [2.45, 2.75) is 19.9 Å². The Labute approximate surface area is 90.9 Å². The first-order valence-electron chi connectivity index (χ1n) is 4.33. The molecule has 3 nitrogen and oxygen atoms in total. The van der Waals surface area contributed by atoms with Crippen LogP contribution in [0, 0.1) is 6.92 Å². The molecule has 0 radical (unpaired) electrons. The minimum atomic E-state index is 0.285. The number of anilines is 1. The molecule has 2 aromatic heterocycles. The molecular weight excluding hydrogens is 214 g/mol. The van der Waals surface area contributed by atoms with E-state index in [1.54, 1.807) is 22.7 Å². The third-order valence-electron chi connectivity index (χ3n) is 1.84. The Morgan fingerprint density at radius 3 is 2.86 bits per heavy atom. The lowest BCUT2D eigenvalue weighted by molar-refractivity contribution is 0.900. The summed E-state index contributed by atoms with van der Waals surface area (Å²) >= 11 is 3.34. The summed E-state index contributed by atoms with van der Waals surface area (Å²) < 4.78 is 0. The predicted molar refractivity (Wildman–Crippen MR) is 61.0 cm³/mol.